The van der Waals surface area contributed by atoms with E-state index >= 15 is 0 Å². The van der Waals surface area contributed by atoms with E-state index in [4.69, 9.17) is 5.11 Å². The van der Waals surface area contributed by atoms with Gasteiger partial charge in [0.1, 0.15) is 11.6 Å². The average Bonchev–Trinajstić information content (AvgIpc) is 2.45. The molecule has 1 amide bonds. The monoisotopic (exact) mass is 305 g/mol. The molecule has 0 aliphatic heterocycles. The number of carbonyl (C=O) groups is 2. The number of amides is 1. The lowest BCUT2D eigenvalue weighted by atomic mass is 10.1. The Bertz CT molecular complexity index is 703. The predicted molar refractivity (Wildman–Crippen MR) is 75.0 cm³/mol. The summed E-state index contributed by atoms with van der Waals surface area (Å²) in [6, 6.07) is 9.21. The number of nitrogens with one attached hydrogen (secondary N) is 1. The number of hydrogen-bond acceptors (Lipinski definition) is 2. The minimum atomic E-state index is -1.50. The van der Waals surface area contributed by atoms with Gasteiger partial charge in [0, 0.05) is 5.56 Å². The van der Waals surface area contributed by atoms with Crippen LogP contribution in [0.4, 0.5) is 8.78 Å². The Morgan fingerprint density at radius 1 is 1.09 bits per heavy atom. The molecule has 1 atom stereocenters. The van der Waals surface area contributed by atoms with Crippen molar-refractivity contribution in [3.8, 4) is 0 Å². The lowest BCUT2D eigenvalue weighted by molar-refractivity contribution is -0.142. The minimum absolute atomic E-state index is 0.136. The van der Waals surface area contributed by atoms with Crippen molar-refractivity contribution >= 4 is 11.9 Å². The van der Waals surface area contributed by atoms with E-state index in [0.29, 0.717) is 5.56 Å². The lowest BCUT2D eigenvalue weighted by Crippen LogP contribution is -2.35. The van der Waals surface area contributed by atoms with Crippen LogP contribution in [0.2, 0.25) is 0 Å². The van der Waals surface area contributed by atoms with Crippen LogP contribution in [0.3, 0.4) is 0 Å². The van der Waals surface area contributed by atoms with Gasteiger partial charge in [0.15, 0.2) is 6.04 Å². The third-order valence-corrected chi connectivity index (χ3v) is 3.02. The van der Waals surface area contributed by atoms with Crippen LogP contribution in [-0.4, -0.2) is 17.0 Å². The first-order chi connectivity index (χ1) is 10.5. The Hall–Kier alpha value is -2.76. The van der Waals surface area contributed by atoms with Crippen molar-refractivity contribution < 1.29 is 23.5 Å². The van der Waals surface area contributed by atoms with Crippen molar-refractivity contribution in [1.29, 1.82) is 0 Å². The van der Waals surface area contributed by atoms with Crippen molar-refractivity contribution in [2.24, 2.45) is 0 Å². The highest BCUT2D eigenvalue weighted by Crippen LogP contribution is 2.17. The topological polar surface area (TPSA) is 66.4 Å². The molecular formula is C16H13F2NO3. The van der Waals surface area contributed by atoms with Crippen molar-refractivity contribution in [3.63, 3.8) is 0 Å². The van der Waals surface area contributed by atoms with E-state index in [2.05, 4.69) is 5.32 Å². The zero-order valence-corrected chi connectivity index (χ0v) is 11.4. The van der Waals surface area contributed by atoms with Gasteiger partial charge in [0.05, 0.1) is 6.42 Å². The summed E-state index contributed by atoms with van der Waals surface area (Å²) >= 11 is 0. The molecule has 0 fully saturated rings. The molecule has 0 radical (unpaired) electrons. The zero-order valence-electron chi connectivity index (χ0n) is 11.4. The molecule has 2 aromatic rings. The summed E-state index contributed by atoms with van der Waals surface area (Å²) in [4.78, 5) is 23.2. The van der Waals surface area contributed by atoms with E-state index in [0.717, 1.165) is 6.07 Å². The molecule has 114 valence electrons. The van der Waals surface area contributed by atoms with Gasteiger partial charge in [0.25, 0.3) is 0 Å². The third kappa shape index (κ3) is 3.88. The first-order valence-electron chi connectivity index (χ1n) is 6.48. The Kier molecular flexibility index (Phi) is 4.83. The molecule has 2 N–H and O–H groups in total. The molecule has 0 heterocycles. The van der Waals surface area contributed by atoms with E-state index in [1.54, 1.807) is 6.07 Å². The Morgan fingerprint density at radius 3 is 2.45 bits per heavy atom. The summed E-state index contributed by atoms with van der Waals surface area (Å²) in [5.74, 6) is -3.23. The molecular weight excluding hydrogens is 292 g/mol. The number of rotatable bonds is 5. The minimum Gasteiger partial charge on any atom is -0.479 e. The fourth-order valence-electron chi connectivity index (χ4n) is 2.03. The van der Waals surface area contributed by atoms with Crippen molar-refractivity contribution in [2.45, 2.75) is 12.5 Å². The van der Waals surface area contributed by atoms with Gasteiger partial charge >= 0.3 is 5.97 Å². The van der Waals surface area contributed by atoms with Crippen LogP contribution in [0.25, 0.3) is 0 Å². The second-order valence-corrected chi connectivity index (χ2v) is 4.67. The van der Waals surface area contributed by atoms with Crippen molar-refractivity contribution in [1.82, 2.24) is 5.32 Å². The molecule has 0 aliphatic rings. The smallest absolute Gasteiger partial charge is 0.331 e. The van der Waals surface area contributed by atoms with E-state index in [9.17, 15) is 18.4 Å². The van der Waals surface area contributed by atoms with Crippen molar-refractivity contribution in [2.75, 3.05) is 0 Å². The number of hydrogen-bond donors (Lipinski definition) is 2. The quantitative estimate of drug-likeness (QED) is 0.891. The number of carboxylic acid groups (broad SMARTS) is 1. The molecule has 2 aromatic carbocycles. The Balaban J connectivity index is 2.13. The Labute approximate surface area is 125 Å². The summed E-state index contributed by atoms with van der Waals surface area (Å²) in [6.07, 6.45) is -0.198. The van der Waals surface area contributed by atoms with Crippen LogP contribution in [0.1, 0.15) is 17.2 Å². The maximum Gasteiger partial charge on any atom is 0.331 e. The van der Waals surface area contributed by atoms with Crippen LogP contribution in [-0.2, 0) is 16.0 Å². The largest absolute Gasteiger partial charge is 0.479 e. The first-order valence-corrected chi connectivity index (χ1v) is 6.48. The summed E-state index contributed by atoms with van der Waals surface area (Å²) in [5.41, 5.74) is 0.262. The first kappa shape index (κ1) is 15.6. The fraction of sp³-hybridized carbons (Fsp3) is 0.125. The van der Waals surface area contributed by atoms with E-state index in [1.165, 1.54) is 36.4 Å². The zero-order chi connectivity index (χ0) is 16.1. The molecule has 0 saturated heterocycles. The van der Waals surface area contributed by atoms with Crippen LogP contribution >= 0.6 is 0 Å². The van der Waals surface area contributed by atoms with E-state index < -0.39 is 29.6 Å². The molecule has 0 spiro atoms. The highest BCUT2D eigenvalue weighted by Gasteiger charge is 2.24. The van der Waals surface area contributed by atoms with Gasteiger partial charge in [0.2, 0.25) is 5.91 Å². The van der Waals surface area contributed by atoms with Gasteiger partial charge < -0.3 is 10.4 Å². The molecule has 0 aliphatic carbocycles. The van der Waals surface area contributed by atoms with Crippen LogP contribution in [0.15, 0.2) is 48.5 Å². The molecule has 4 nitrogen and oxygen atoms in total. The Morgan fingerprint density at radius 2 is 1.82 bits per heavy atom. The number of benzene rings is 2. The number of halogens is 2. The number of carboxylic acids is 1. The summed E-state index contributed by atoms with van der Waals surface area (Å²) in [6.45, 7) is 0. The lowest BCUT2D eigenvalue weighted by Gasteiger charge is -2.15. The van der Waals surface area contributed by atoms with Gasteiger partial charge in [-0.2, -0.15) is 0 Å². The predicted octanol–water partition coefficient (Wildman–Crippen LogP) is 2.45. The molecule has 6 heteroatoms. The molecule has 0 aromatic heterocycles. The van der Waals surface area contributed by atoms with Gasteiger partial charge in [-0.05, 0) is 23.8 Å². The van der Waals surface area contributed by atoms with Gasteiger partial charge in [-0.15, -0.1) is 0 Å². The summed E-state index contributed by atoms with van der Waals surface area (Å²) in [5, 5.41) is 11.4. The second-order valence-electron chi connectivity index (χ2n) is 4.67. The van der Waals surface area contributed by atoms with E-state index in [-0.39, 0.29) is 12.0 Å². The van der Waals surface area contributed by atoms with Gasteiger partial charge in [-0.3, -0.25) is 4.79 Å². The molecule has 2 rings (SSSR count). The summed E-state index contributed by atoms with van der Waals surface area (Å²) < 4.78 is 26.7. The molecule has 0 saturated carbocycles. The highest BCUT2D eigenvalue weighted by molar-refractivity contribution is 5.85. The maximum atomic E-state index is 13.7. The van der Waals surface area contributed by atoms with Crippen LogP contribution < -0.4 is 5.32 Å². The average molecular weight is 305 g/mol. The maximum absolute atomic E-state index is 13.7. The van der Waals surface area contributed by atoms with Gasteiger partial charge in [-0.25, -0.2) is 13.6 Å². The van der Waals surface area contributed by atoms with E-state index in [1.807, 2.05) is 0 Å². The summed E-state index contributed by atoms with van der Waals surface area (Å²) in [7, 11) is 0. The number of aliphatic carboxylic acids is 1. The van der Waals surface area contributed by atoms with Crippen molar-refractivity contribution in [3.05, 3.63) is 71.3 Å². The molecule has 0 unspecified atom stereocenters. The standard InChI is InChI=1S/C16H13F2NO3/c17-11-5-3-4-10(8-11)9-14(20)19-15(16(21)22)12-6-1-2-7-13(12)18/h1-8,15H,9H2,(H,19,20)(H,21,22)/t15-/m0/s1. The van der Waals surface area contributed by atoms with Crippen LogP contribution in [0.5, 0.6) is 0 Å². The number of carbonyl (C=O) groups excluding carboxylic acids is 1. The van der Waals surface area contributed by atoms with Gasteiger partial charge in [-0.1, -0.05) is 30.3 Å². The van der Waals surface area contributed by atoms with Crippen LogP contribution in [0, 0.1) is 11.6 Å². The highest BCUT2D eigenvalue weighted by atomic mass is 19.1. The fourth-order valence-corrected chi connectivity index (χ4v) is 2.03. The molecule has 22 heavy (non-hydrogen) atoms. The molecule has 0 bridgehead atoms. The SMILES string of the molecule is O=C(Cc1cccc(F)c1)N[C@H](C(=O)O)c1ccccc1F. The second kappa shape index (κ2) is 6.80. The normalized spacial score (nSPS) is 11.7. The third-order valence-electron chi connectivity index (χ3n) is 3.02.